The van der Waals surface area contributed by atoms with Gasteiger partial charge in [0.2, 0.25) is 0 Å². The van der Waals surface area contributed by atoms with Crippen molar-refractivity contribution in [3.8, 4) is 6.07 Å². The fourth-order valence-corrected chi connectivity index (χ4v) is 3.41. The highest BCUT2D eigenvalue weighted by atomic mass is 32.2. The van der Waals surface area contributed by atoms with Crippen molar-refractivity contribution in [2.45, 2.75) is 18.7 Å². The molecule has 21 heavy (non-hydrogen) atoms. The third kappa shape index (κ3) is 3.03. The zero-order valence-electron chi connectivity index (χ0n) is 11.8. The highest BCUT2D eigenvalue weighted by Gasteiger charge is 2.23. The van der Waals surface area contributed by atoms with Crippen LogP contribution in [0.5, 0.6) is 0 Å². The molecular formula is C15H15N3O2S. The molecule has 0 unspecified atom stereocenters. The number of hydrogen-bond acceptors (Lipinski definition) is 4. The van der Waals surface area contributed by atoms with Crippen LogP contribution < -0.4 is 4.31 Å². The lowest BCUT2D eigenvalue weighted by molar-refractivity contribution is 0.591. The van der Waals surface area contributed by atoms with E-state index >= 15 is 0 Å². The van der Waals surface area contributed by atoms with Gasteiger partial charge >= 0.3 is 0 Å². The molecule has 5 nitrogen and oxygen atoms in total. The van der Waals surface area contributed by atoms with E-state index in [1.54, 1.807) is 13.0 Å². The van der Waals surface area contributed by atoms with Crippen molar-refractivity contribution in [3.05, 3.63) is 53.9 Å². The van der Waals surface area contributed by atoms with Crippen molar-refractivity contribution in [3.63, 3.8) is 0 Å². The SMILES string of the molecule is CCN(c1cccc(C)c1)S(=O)(=O)c1ccc(C#N)nc1. The standard InChI is InChI=1S/C15H15N3O2S/c1-3-18(14-6-4-5-12(2)9-14)21(19,20)15-8-7-13(10-16)17-11-15/h4-9,11H,3H2,1-2H3. The largest absolute Gasteiger partial charge is 0.267 e. The third-order valence-corrected chi connectivity index (χ3v) is 4.90. The maximum absolute atomic E-state index is 12.7. The minimum atomic E-state index is -3.68. The smallest absolute Gasteiger partial charge is 0.265 e. The summed E-state index contributed by atoms with van der Waals surface area (Å²) in [6.07, 6.45) is 1.21. The van der Waals surface area contributed by atoms with Crippen LogP contribution in [0.4, 0.5) is 5.69 Å². The molecule has 0 aliphatic rings. The van der Waals surface area contributed by atoms with Gasteiger partial charge in [0.15, 0.2) is 0 Å². The van der Waals surface area contributed by atoms with Crippen molar-refractivity contribution >= 4 is 15.7 Å². The molecule has 108 valence electrons. The number of benzene rings is 1. The quantitative estimate of drug-likeness (QED) is 0.869. The molecule has 0 aliphatic heterocycles. The van der Waals surface area contributed by atoms with Crippen LogP contribution in [-0.4, -0.2) is 19.9 Å². The lowest BCUT2D eigenvalue weighted by atomic mass is 10.2. The Balaban J connectivity index is 2.47. The van der Waals surface area contributed by atoms with Crippen LogP contribution in [0, 0.1) is 18.3 Å². The molecule has 0 N–H and O–H groups in total. The number of pyridine rings is 1. The van der Waals surface area contributed by atoms with Gasteiger partial charge in [-0.25, -0.2) is 13.4 Å². The molecular weight excluding hydrogens is 286 g/mol. The van der Waals surface area contributed by atoms with Crippen LogP contribution in [0.3, 0.4) is 0 Å². The van der Waals surface area contributed by atoms with Crippen LogP contribution in [0.25, 0.3) is 0 Å². The second kappa shape index (κ2) is 5.94. The highest BCUT2D eigenvalue weighted by Crippen LogP contribution is 2.23. The van der Waals surface area contributed by atoms with E-state index in [0.29, 0.717) is 12.2 Å². The second-order valence-electron chi connectivity index (χ2n) is 4.50. The second-order valence-corrected chi connectivity index (χ2v) is 6.36. The number of rotatable bonds is 4. The molecule has 0 fully saturated rings. The van der Waals surface area contributed by atoms with E-state index in [1.165, 1.54) is 22.6 Å². The van der Waals surface area contributed by atoms with Gasteiger partial charge in [-0.15, -0.1) is 0 Å². The first-order valence-electron chi connectivity index (χ1n) is 6.44. The molecule has 1 heterocycles. The zero-order chi connectivity index (χ0) is 15.5. The number of nitriles is 1. The number of nitrogens with zero attached hydrogens (tertiary/aromatic N) is 3. The molecule has 6 heteroatoms. The predicted octanol–water partition coefficient (Wildman–Crippen LogP) is 2.48. The summed E-state index contributed by atoms with van der Waals surface area (Å²) in [6, 6.07) is 12.0. The Bertz CT molecular complexity index is 777. The van der Waals surface area contributed by atoms with Gasteiger partial charge < -0.3 is 0 Å². The van der Waals surface area contributed by atoms with Gasteiger partial charge in [-0.05, 0) is 43.7 Å². The maximum Gasteiger partial charge on any atom is 0.265 e. The number of sulfonamides is 1. The Morgan fingerprint density at radius 1 is 1.29 bits per heavy atom. The van der Waals surface area contributed by atoms with Gasteiger partial charge in [-0.1, -0.05) is 12.1 Å². The van der Waals surface area contributed by atoms with E-state index in [-0.39, 0.29) is 10.6 Å². The molecule has 0 atom stereocenters. The molecule has 2 rings (SSSR count). The van der Waals surface area contributed by atoms with E-state index in [4.69, 9.17) is 5.26 Å². The Hall–Kier alpha value is -2.39. The van der Waals surface area contributed by atoms with E-state index < -0.39 is 10.0 Å². The highest BCUT2D eigenvalue weighted by molar-refractivity contribution is 7.92. The van der Waals surface area contributed by atoms with E-state index in [2.05, 4.69) is 4.98 Å². The summed E-state index contributed by atoms with van der Waals surface area (Å²) in [5, 5.41) is 8.72. The fraction of sp³-hybridized carbons (Fsp3) is 0.200. The van der Waals surface area contributed by atoms with E-state index in [1.807, 2.05) is 31.2 Å². The lowest BCUT2D eigenvalue weighted by Crippen LogP contribution is -2.30. The third-order valence-electron chi connectivity index (χ3n) is 3.02. The molecule has 1 aromatic heterocycles. The summed E-state index contributed by atoms with van der Waals surface area (Å²) in [7, 11) is -3.68. The van der Waals surface area contributed by atoms with E-state index in [9.17, 15) is 8.42 Å². The van der Waals surface area contributed by atoms with Gasteiger partial charge in [0.25, 0.3) is 10.0 Å². The summed E-state index contributed by atoms with van der Waals surface area (Å²) in [5.41, 5.74) is 1.79. The van der Waals surface area contributed by atoms with Crippen LogP contribution in [-0.2, 0) is 10.0 Å². The first-order valence-corrected chi connectivity index (χ1v) is 7.88. The average Bonchev–Trinajstić information content (AvgIpc) is 2.48. The predicted molar refractivity (Wildman–Crippen MR) is 80.3 cm³/mol. The normalized spacial score (nSPS) is 10.9. The van der Waals surface area contributed by atoms with Crippen molar-refractivity contribution in [2.24, 2.45) is 0 Å². The van der Waals surface area contributed by atoms with Crippen LogP contribution in [0.2, 0.25) is 0 Å². The fourth-order valence-electron chi connectivity index (χ4n) is 2.00. The topological polar surface area (TPSA) is 74.1 Å². The maximum atomic E-state index is 12.7. The molecule has 1 aromatic carbocycles. The molecule has 2 aromatic rings. The Morgan fingerprint density at radius 3 is 2.57 bits per heavy atom. The molecule has 0 radical (unpaired) electrons. The van der Waals surface area contributed by atoms with E-state index in [0.717, 1.165) is 5.56 Å². The van der Waals surface area contributed by atoms with Gasteiger partial charge in [0.05, 0.1) is 5.69 Å². The molecule has 0 bridgehead atoms. The summed E-state index contributed by atoms with van der Waals surface area (Å²) in [6.45, 7) is 4.00. The Labute approximate surface area is 124 Å². The minimum Gasteiger partial charge on any atom is -0.267 e. The van der Waals surface area contributed by atoms with Gasteiger partial charge in [0, 0.05) is 12.7 Å². The number of aryl methyl sites for hydroxylation is 1. The lowest BCUT2D eigenvalue weighted by Gasteiger charge is -2.23. The zero-order valence-corrected chi connectivity index (χ0v) is 12.6. The summed E-state index contributed by atoms with van der Waals surface area (Å²) in [4.78, 5) is 3.90. The van der Waals surface area contributed by atoms with Crippen molar-refractivity contribution in [1.29, 1.82) is 5.26 Å². The number of anilines is 1. The molecule has 0 amide bonds. The molecule has 0 saturated carbocycles. The van der Waals surface area contributed by atoms with Crippen LogP contribution >= 0.6 is 0 Å². The molecule has 0 spiro atoms. The first kappa shape index (κ1) is 15.0. The van der Waals surface area contributed by atoms with Crippen LogP contribution in [0.1, 0.15) is 18.2 Å². The van der Waals surface area contributed by atoms with Gasteiger partial charge in [-0.2, -0.15) is 5.26 Å². The van der Waals surface area contributed by atoms with Crippen molar-refractivity contribution < 1.29 is 8.42 Å². The first-order chi connectivity index (χ1) is 9.98. The van der Waals surface area contributed by atoms with Crippen molar-refractivity contribution in [1.82, 2.24) is 4.98 Å². The van der Waals surface area contributed by atoms with Gasteiger partial charge in [-0.3, -0.25) is 4.31 Å². The monoisotopic (exact) mass is 301 g/mol. The molecule has 0 saturated heterocycles. The Kier molecular flexibility index (Phi) is 4.24. The Morgan fingerprint density at radius 2 is 2.05 bits per heavy atom. The van der Waals surface area contributed by atoms with Crippen molar-refractivity contribution in [2.75, 3.05) is 10.8 Å². The molecule has 0 aliphatic carbocycles. The van der Waals surface area contributed by atoms with Gasteiger partial charge in [0.1, 0.15) is 16.7 Å². The average molecular weight is 301 g/mol. The minimum absolute atomic E-state index is 0.0739. The van der Waals surface area contributed by atoms with Crippen LogP contribution in [0.15, 0.2) is 47.5 Å². The summed E-state index contributed by atoms with van der Waals surface area (Å²) >= 11 is 0. The summed E-state index contributed by atoms with van der Waals surface area (Å²) < 4.78 is 26.7. The number of aromatic nitrogens is 1. The summed E-state index contributed by atoms with van der Waals surface area (Å²) in [5.74, 6) is 0. The number of hydrogen-bond donors (Lipinski definition) is 0.